The van der Waals surface area contributed by atoms with Crippen LogP contribution in [0.2, 0.25) is 45.9 Å². The average Bonchev–Trinajstić information content (AvgIpc) is 2.59. The number of hydrogen-bond acceptors (Lipinski definition) is 8. The van der Waals surface area contributed by atoms with Gasteiger partial charge in [0.05, 0.1) is 0 Å². The summed E-state index contributed by atoms with van der Waals surface area (Å²) in [5.41, 5.74) is -26.6. The molecule has 32 heteroatoms. The number of halogens is 12. The number of alkyl halides is 12. The van der Waals surface area contributed by atoms with E-state index in [-0.39, 0.29) is 45.9 Å². The molecule has 0 atom stereocenters. The van der Waals surface area contributed by atoms with Gasteiger partial charge in [-0.05, 0) is 0 Å². The molecule has 44 heavy (non-hydrogen) atoms. The van der Waals surface area contributed by atoms with Gasteiger partial charge in [0.15, 0.2) is 0 Å². The van der Waals surface area contributed by atoms with Crippen LogP contribution < -0.4 is 0 Å². The van der Waals surface area contributed by atoms with Crippen LogP contribution in [-0.4, -0.2) is 119 Å². The first kappa shape index (κ1) is 42.9. The van der Waals surface area contributed by atoms with Gasteiger partial charge in [-0.3, -0.25) is 0 Å². The molecule has 0 aromatic rings. The topological polar surface area (TPSA) is 150 Å². The molecule has 12 nitrogen and oxygen atoms in total. The van der Waals surface area contributed by atoms with Crippen molar-refractivity contribution in [2.45, 2.75) is 68.0 Å². The third-order valence-corrected chi connectivity index (χ3v) is 87.6. The Morgan fingerprint density at radius 1 is 0.386 bits per heavy atom. The van der Waals surface area contributed by atoms with Gasteiger partial charge in [0.25, 0.3) is 0 Å². The predicted molar refractivity (Wildman–Crippen MR) is 137 cm³/mol. The van der Waals surface area contributed by atoms with Gasteiger partial charge in [0, 0.05) is 0 Å². The molecule has 264 valence electrons. The van der Waals surface area contributed by atoms with Crippen LogP contribution in [0, 0.1) is 0 Å². The van der Waals surface area contributed by atoms with Crippen molar-refractivity contribution in [2.75, 3.05) is 0 Å². The molecule has 1 aliphatic heterocycles. The van der Waals surface area contributed by atoms with Crippen LogP contribution in [0.4, 0.5) is 52.7 Å². The van der Waals surface area contributed by atoms with Crippen molar-refractivity contribution in [1.82, 2.24) is 8.77 Å². The van der Waals surface area contributed by atoms with Crippen LogP contribution in [0.5, 0.6) is 0 Å². The summed E-state index contributed by atoms with van der Waals surface area (Å²) in [6, 6.07) is 0. The van der Waals surface area contributed by atoms with Crippen molar-refractivity contribution in [1.29, 1.82) is 0 Å². The van der Waals surface area contributed by atoms with Crippen molar-refractivity contribution in [3.05, 3.63) is 0 Å². The molecule has 1 aliphatic rings. The molecular weight excluding hydrogens is 978 g/mol. The Kier molecular flexibility index (Phi) is 10.9. The van der Waals surface area contributed by atoms with Crippen molar-refractivity contribution in [2.24, 2.45) is 0 Å². The number of nitrogens with zero attached hydrogens (tertiary/aromatic N) is 4. The summed E-state index contributed by atoms with van der Waals surface area (Å²) in [5, 5.41) is 0. The summed E-state index contributed by atoms with van der Waals surface area (Å²) in [6.45, 7) is 0.308. The molecule has 0 aromatic carbocycles. The second kappa shape index (κ2) is 11.2. The molecule has 0 N–H and O–H groups in total. The molecule has 0 aromatic heterocycles. The van der Waals surface area contributed by atoms with E-state index in [1.54, 1.807) is 0 Å². The fourth-order valence-corrected chi connectivity index (χ4v) is 117. The summed E-state index contributed by atoms with van der Waals surface area (Å²) < 4.78 is 269. The Hall–Kier alpha value is 0.831. The van der Waals surface area contributed by atoms with Gasteiger partial charge in [-0.1, -0.05) is 0 Å². The second-order valence-electron chi connectivity index (χ2n) is 10.8. The van der Waals surface area contributed by atoms with E-state index < -0.39 is 126 Å². The van der Waals surface area contributed by atoms with Gasteiger partial charge >= 0.3 is 258 Å². The summed E-state index contributed by atoms with van der Waals surface area (Å²) >= 11 is -14.7. The monoisotopic (exact) mass is 1000 g/mol. The Morgan fingerprint density at radius 3 is 0.591 bits per heavy atom. The number of rotatable bonds is 4. The normalized spacial score (nSPS) is 24.1. The van der Waals surface area contributed by atoms with Gasteiger partial charge in [-0.15, -0.1) is 0 Å². The molecule has 0 saturated carbocycles. The Morgan fingerprint density at radius 2 is 0.500 bits per heavy atom. The maximum absolute atomic E-state index is 14.1. The van der Waals surface area contributed by atoms with Gasteiger partial charge in [0.2, 0.25) is 0 Å². The predicted octanol–water partition coefficient (Wildman–Crippen LogP) is 3.41. The zero-order valence-electron chi connectivity index (χ0n) is 23.2. The van der Waals surface area contributed by atoms with E-state index in [0.29, 0.717) is 0 Å². The summed E-state index contributed by atoms with van der Waals surface area (Å²) in [5.74, 6) is 0. The molecule has 0 bridgehead atoms. The minimum atomic E-state index is -7.36. The first-order valence-corrected chi connectivity index (χ1v) is 39.0. The van der Waals surface area contributed by atoms with E-state index in [4.69, 9.17) is 0 Å². The molecule has 0 unspecified atom stereocenters. The first-order chi connectivity index (χ1) is 18.5. The average molecular weight is 1000 g/mol. The van der Waals surface area contributed by atoms with E-state index >= 15 is 0 Å². The van der Waals surface area contributed by atoms with Gasteiger partial charge < -0.3 is 0 Å². The van der Waals surface area contributed by atoms with Crippen LogP contribution in [0.3, 0.4) is 0 Å². The van der Waals surface area contributed by atoms with Gasteiger partial charge in [0.1, 0.15) is 0 Å². The molecule has 0 radical (unpaired) electrons. The minimum absolute atomic E-state index is 0.0770. The van der Waals surface area contributed by atoms with Crippen LogP contribution in [0.15, 0.2) is 0 Å². The molecule has 1 rings (SSSR count). The SMILES string of the molecule is C[Si]1(C)[N](S(=O)(=O)C(F)(F)F)[Sn]([CH3])([CH3])[N](S(=O)(=O)C(F)(F)F)[Si](C)(C)[N](S(=O)(=O)C(F)(F)F)[Sn]([CH3])([CH3])[N]1S(=O)(=O)C(F)(F)F. The first-order valence-electron chi connectivity index (χ1n) is 10.9. The van der Waals surface area contributed by atoms with Crippen molar-refractivity contribution < 1.29 is 86.4 Å². The standard InChI is InChI=1S/2C4H6F6N2O4S2Si.4CH3.2Sn/c2*1-19(2,11-17(13,14)3(5,6)7)12-18(15,16)4(8,9)10;;;;;;/h2*1-2H3;4*1H3;;/q2*-2;;;;;2*+2. The van der Waals surface area contributed by atoms with Gasteiger partial charge in [-0.25, -0.2) is 0 Å². The van der Waals surface area contributed by atoms with Crippen LogP contribution in [-0.2, 0) is 40.1 Å². The number of hydrogen-bond donors (Lipinski definition) is 0. The van der Waals surface area contributed by atoms with E-state index in [1.165, 1.54) is 0 Å². The van der Waals surface area contributed by atoms with E-state index in [1.807, 2.05) is 0 Å². The van der Waals surface area contributed by atoms with Crippen molar-refractivity contribution >= 4 is 94.7 Å². The summed E-state index contributed by atoms with van der Waals surface area (Å²) in [4.78, 5) is 0.482. The van der Waals surface area contributed by atoms with Crippen LogP contribution in [0.1, 0.15) is 0 Å². The summed E-state index contributed by atoms with van der Waals surface area (Å²) in [7, 11) is -41.6. The molecule has 0 aliphatic carbocycles. The maximum atomic E-state index is 14.1. The van der Waals surface area contributed by atoms with Crippen LogP contribution in [0.25, 0.3) is 0 Å². The Bertz CT molecular complexity index is 1350. The Labute approximate surface area is 256 Å². The second-order valence-corrected chi connectivity index (χ2v) is 58.0. The fourth-order valence-electron chi connectivity index (χ4n) is 5.78. The zero-order chi connectivity index (χ0) is 36.3. The Balaban J connectivity index is 5.07. The zero-order valence-corrected chi connectivity index (χ0v) is 34.2. The van der Waals surface area contributed by atoms with Crippen molar-refractivity contribution in [3.8, 4) is 0 Å². The fraction of sp³-hybridized carbons (Fsp3) is 1.00. The van der Waals surface area contributed by atoms with Crippen molar-refractivity contribution in [3.63, 3.8) is 0 Å². The molecule has 1 fully saturated rings. The molecule has 1 heterocycles. The number of sulfonamides is 4. The van der Waals surface area contributed by atoms with Crippen LogP contribution >= 0.6 is 0 Å². The molecule has 0 spiro atoms. The van der Waals surface area contributed by atoms with E-state index in [9.17, 15) is 86.4 Å². The third kappa shape index (κ3) is 6.33. The molecule has 0 amide bonds. The van der Waals surface area contributed by atoms with Gasteiger partial charge in [-0.2, -0.15) is 0 Å². The molecule has 1 saturated heterocycles. The summed E-state index contributed by atoms with van der Waals surface area (Å²) in [6.07, 6.45) is 0. The quantitative estimate of drug-likeness (QED) is 0.308. The van der Waals surface area contributed by atoms with E-state index in [2.05, 4.69) is 0 Å². The third-order valence-electron chi connectivity index (χ3n) is 6.11. The molecular formula is C12H24F12N4O8S4Si2Sn2. The van der Waals surface area contributed by atoms with E-state index in [0.717, 1.165) is 0 Å².